The summed E-state index contributed by atoms with van der Waals surface area (Å²) in [6, 6.07) is 20.5. The summed E-state index contributed by atoms with van der Waals surface area (Å²) in [5.41, 5.74) is 4.07. The zero-order valence-electron chi connectivity index (χ0n) is 18.4. The molecule has 0 radical (unpaired) electrons. The quantitative estimate of drug-likeness (QED) is 0.320. The molecule has 7 heteroatoms. The van der Waals surface area contributed by atoms with E-state index in [0.29, 0.717) is 5.56 Å². The maximum absolute atomic E-state index is 12.3. The average molecular weight is 463 g/mol. The molecule has 0 aliphatic carbocycles. The average Bonchev–Trinajstić information content (AvgIpc) is 3.48. The van der Waals surface area contributed by atoms with Crippen LogP contribution in [0.15, 0.2) is 71.2 Å². The fourth-order valence-electron chi connectivity index (χ4n) is 3.16. The summed E-state index contributed by atoms with van der Waals surface area (Å²) in [7, 11) is 0. The number of rotatable bonds is 8. The van der Waals surface area contributed by atoms with Gasteiger partial charge in [0.25, 0.3) is 5.91 Å². The van der Waals surface area contributed by atoms with E-state index in [1.54, 1.807) is 23.1 Å². The lowest BCUT2D eigenvalue weighted by atomic mass is 10.1. The van der Waals surface area contributed by atoms with Crippen molar-refractivity contribution in [1.29, 1.82) is 0 Å². The van der Waals surface area contributed by atoms with E-state index in [-0.39, 0.29) is 11.9 Å². The molecule has 0 saturated heterocycles. The first-order valence-electron chi connectivity index (χ1n) is 10.6. The van der Waals surface area contributed by atoms with Crippen LogP contribution in [-0.4, -0.2) is 26.7 Å². The molecule has 4 aromatic rings. The largest absolute Gasteiger partial charge is 0.350 e. The molecule has 0 fully saturated rings. The molecule has 0 unspecified atom stereocenters. The number of thioether (sulfide) groups is 1. The number of hydrogen-bond donors (Lipinski definition) is 1. The molecule has 1 N–H and O–H groups in total. The number of hydrogen-bond acceptors (Lipinski definition) is 5. The van der Waals surface area contributed by atoms with Gasteiger partial charge in [-0.1, -0.05) is 54.6 Å². The number of benzene rings is 2. The highest BCUT2D eigenvalue weighted by Crippen LogP contribution is 2.31. The summed E-state index contributed by atoms with van der Waals surface area (Å²) in [6.07, 6.45) is 0.912. The van der Waals surface area contributed by atoms with Crippen LogP contribution in [0, 0.1) is 6.92 Å². The Morgan fingerprint density at radius 3 is 2.50 bits per heavy atom. The second-order valence-corrected chi connectivity index (χ2v) is 9.61. The highest BCUT2D eigenvalue weighted by atomic mass is 32.2. The Morgan fingerprint density at radius 2 is 1.84 bits per heavy atom. The van der Waals surface area contributed by atoms with Crippen LogP contribution in [0.25, 0.3) is 16.4 Å². The predicted molar refractivity (Wildman–Crippen MR) is 133 cm³/mol. The highest BCUT2D eigenvalue weighted by Gasteiger charge is 2.17. The molecule has 1 atom stereocenters. The molecule has 0 bridgehead atoms. The third kappa shape index (κ3) is 5.11. The second-order valence-electron chi connectivity index (χ2n) is 7.72. The Morgan fingerprint density at radius 1 is 1.09 bits per heavy atom. The minimum atomic E-state index is -0.0294. The molecular weight excluding hydrogens is 436 g/mol. The van der Waals surface area contributed by atoms with Crippen molar-refractivity contribution in [3.63, 3.8) is 0 Å². The number of carbonyl (C=O) groups excluding carboxylic acids is 1. The Balaban J connectivity index is 1.53. The van der Waals surface area contributed by atoms with Gasteiger partial charge in [-0.2, -0.15) is 0 Å². The van der Waals surface area contributed by atoms with E-state index < -0.39 is 0 Å². The van der Waals surface area contributed by atoms with Crippen molar-refractivity contribution in [1.82, 2.24) is 20.1 Å². The lowest BCUT2D eigenvalue weighted by Gasteiger charge is -2.12. The van der Waals surface area contributed by atoms with E-state index in [1.807, 2.05) is 37.3 Å². The lowest BCUT2D eigenvalue weighted by Crippen LogP contribution is -2.31. The van der Waals surface area contributed by atoms with Crippen LogP contribution in [0.5, 0.6) is 0 Å². The molecule has 0 saturated carbocycles. The SMILES string of the molecule is CC[C@@H](C)NC(=O)c1ccc(CSc2nnc(-c3cccs3)n2-c2ccc(C)cc2)cc1. The number of thiophene rings is 1. The molecule has 32 heavy (non-hydrogen) atoms. The van der Waals surface area contributed by atoms with Crippen LogP contribution in [0.3, 0.4) is 0 Å². The molecule has 164 valence electrons. The monoisotopic (exact) mass is 462 g/mol. The van der Waals surface area contributed by atoms with E-state index in [2.05, 4.69) is 69.6 Å². The molecule has 2 aromatic carbocycles. The molecular formula is C25H26N4OS2. The summed E-state index contributed by atoms with van der Waals surface area (Å²) < 4.78 is 2.11. The van der Waals surface area contributed by atoms with Crippen molar-refractivity contribution in [2.45, 2.75) is 44.1 Å². The number of amides is 1. The van der Waals surface area contributed by atoms with E-state index in [4.69, 9.17) is 0 Å². The minimum Gasteiger partial charge on any atom is -0.350 e. The van der Waals surface area contributed by atoms with Crippen molar-refractivity contribution in [3.05, 3.63) is 82.7 Å². The second kappa shape index (κ2) is 10.1. The summed E-state index contributed by atoms with van der Waals surface area (Å²) >= 11 is 3.29. The fourth-order valence-corrected chi connectivity index (χ4v) is 4.77. The van der Waals surface area contributed by atoms with Gasteiger partial charge >= 0.3 is 0 Å². The van der Waals surface area contributed by atoms with Crippen LogP contribution in [-0.2, 0) is 5.75 Å². The summed E-state index contributed by atoms with van der Waals surface area (Å²) in [5.74, 6) is 1.56. The molecule has 0 aliphatic heterocycles. The standard InChI is InChI=1S/C25H26N4OS2/c1-4-18(3)26-24(30)20-11-9-19(10-12-20)16-32-25-28-27-23(22-6-5-15-31-22)29(25)21-13-7-17(2)8-14-21/h5-15,18H,4,16H2,1-3H3,(H,26,30)/t18-/m1/s1. The third-order valence-corrected chi connectivity index (χ3v) is 7.11. The van der Waals surface area contributed by atoms with E-state index in [0.717, 1.165) is 39.3 Å². The van der Waals surface area contributed by atoms with Crippen molar-refractivity contribution >= 4 is 29.0 Å². The highest BCUT2D eigenvalue weighted by molar-refractivity contribution is 7.98. The topological polar surface area (TPSA) is 59.8 Å². The first-order valence-corrected chi connectivity index (χ1v) is 12.5. The number of nitrogens with one attached hydrogen (secondary N) is 1. The first-order chi connectivity index (χ1) is 15.5. The predicted octanol–water partition coefficient (Wildman–Crippen LogP) is 6.12. The summed E-state index contributed by atoms with van der Waals surface area (Å²) in [4.78, 5) is 13.4. The van der Waals surface area contributed by atoms with Gasteiger partial charge in [0, 0.05) is 23.0 Å². The molecule has 4 rings (SSSR count). The maximum atomic E-state index is 12.3. The Bertz CT molecular complexity index is 1170. The maximum Gasteiger partial charge on any atom is 0.251 e. The summed E-state index contributed by atoms with van der Waals surface area (Å²) in [6.45, 7) is 6.15. The van der Waals surface area contributed by atoms with Crippen LogP contribution >= 0.6 is 23.1 Å². The molecule has 0 spiro atoms. The lowest BCUT2D eigenvalue weighted by molar-refractivity contribution is 0.0939. The number of nitrogens with zero attached hydrogens (tertiary/aromatic N) is 3. The van der Waals surface area contributed by atoms with Gasteiger partial charge in [0.05, 0.1) is 4.88 Å². The van der Waals surface area contributed by atoms with Gasteiger partial charge in [0.15, 0.2) is 11.0 Å². The van der Waals surface area contributed by atoms with Crippen molar-refractivity contribution in [2.24, 2.45) is 0 Å². The Kier molecular flexibility index (Phi) is 7.07. The van der Waals surface area contributed by atoms with Gasteiger partial charge in [-0.3, -0.25) is 9.36 Å². The zero-order valence-corrected chi connectivity index (χ0v) is 20.0. The van der Waals surface area contributed by atoms with Gasteiger partial charge in [0.2, 0.25) is 0 Å². The van der Waals surface area contributed by atoms with E-state index in [9.17, 15) is 4.79 Å². The van der Waals surface area contributed by atoms with Crippen molar-refractivity contribution in [2.75, 3.05) is 0 Å². The van der Waals surface area contributed by atoms with Crippen LogP contribution < -0.4 is 5.32 Å². The first kappa shape index (κ1) is 22.3. The van der Waals surface area contributed by atoms with Gasteiger partial charge in [-0.15, -0.1) is 21.5 Å². The third-order valence-electron chi connectivity index (χ3n) is 5.24. The molecule has 0 aliphatic rings. The molecule has 2 aromatic heterocycles. The minimum absolute atomic E-state index is 0.0294. The van der Waals surface area contributed by atoms with Crippen LogP contribution in [0.1, 0.15) is 41.8 Å². The Labute approximate surface area is 196 Å². The van der Waals surface area contributed by atoms with E-state index >= 15 is 0 Å². The number of aromatic nitrogens is 3. The fraction of sp³-hybridized carbons (Fsp3) is 0.240. The van der Waals surface area contributed by atoms with Gasteiger partial charge in [-0.05, 0) is 61.5 Å². The van der Waals surface area contributed by atoms with Crippen molar-refractivity contribution < 1.29 is 4.79 Å². The Hall–Kier alpha value is -2.90. The number of aryl methyl sites for hydroxylation is 1. The van der Waals surface area contributed by atoms with E-state index in [1.165, 1.54) is 5.56 Å². The number of carbonyl (C=O) groups is 1. The van der Waals surface area contributed by atoms with Crippen LogP contribution in [0.4, 0.5) is 0 Å². The van der Waals surface area contributed by atoms with Gasteiger partial charge < -0.3 is 5.32 Å². The summed E-state index contributed by atoms with van der Waals surface area (Å²) in [5, 5.41) is 14.9. The molecule has 2 heterocycles. The van der Waals surface area contributed by atoms with Crippen molar-refractivity contribution in [3.8, 4) is 16.4 Å². The van der Waals surface area contributed by atoms with Crippen LogP contribution in [0.2, 0.25) is 0 Å². The van der Waals surface area contributed by atoms with Gasteiger partial charge in [-0.25, -0.2) is 0 Å². The smallest absolute Gasteiger partial charge is 0.251 e. The zero-order chi connectivity index (χ0) is 22.5. The van der Waals surface area contributed by atoms with Gasteiger partial charge in [0.1, 0.15) is 0 Å². The normalized spacial score (nSPS) is 12.0. The molecule has 5 nitrogen and oxygen atoms in total. The molecule has 1 amide bonds.